The van der Waals surface area contributed by atoms with Crippen molar-refractivity contribution in [3.05, 3.63) is 23.2 Å². The van der Waals surface area contributed by atoms with E-state index < -0.39 is 5.54 Å². The highest BCUT2D eigenvalue weighted by molar-refractivity contribution is 7.98. The number of nitrogens with two attached hydrogens (primary N) is 1. The highest BCUT2D eigenvalue weighted by Gasteiger charge is 2.36. The van der Waals surface area contributed by atoms with E-state index in [9.17, 15) is 4.79 Å². The molecule has 1 aliphatic rings. The van der Waals surface area contributed by atoms with Crippen LogP contribution in [0, 0.1) is 0 Å². The van der Waals surface area contributed by atoms with E-state index in [2.05, 4.69) is 5.32 Å². The molecule has 0 radical (unpaired) electrons. The van der Waals surface area contributed by atoms with Gasteiger partial charge >= 0.3 is 0 Å². The number of thioether (sulfide) groups is 1. The van der Waals surface area contributed by atoms with Crippen molar-refractivity contribution >= 4 is 47.4 Å². The molecule has 3 nitrogen and oxygen atoms in total. The number of benzene rings is 1. The van der Waals surface area contributed by atoms with E-state index in [-0.39, 0.29) is 18.3 Å². The first-order chi connectivity index (χ1) is 8.55. The minimum atomic E-state index is -0.704. The minimum absolute atomic E-state index is 0. The number of hydrogen-bond acceptors (Lipinski definition) is 3. The molecule has 3 N–H and O–H groups in total. The maximum Gasteiger partial charge on any atom is 0.244 e. The van der Waals surface area contributed by atoms with Crippen LogP contribution in [0.5, 0.6) is 0 Å². The molecule has 19 heavy (non-hydrogen) atoms. The summed E-state index contributed by atoms with van der Waals surface area (Å²) in [5.74, 6) is -0.104. The third-order valence-electron chi connectivity index (χ3n) is 3.36. The van der Waals surface area contributed by atoms with Crippen molar-refractivity contribution in [1.29, 1.82) is 0 Å². The van der Waals surface area contributed by atoms with Crippen LogP contribution in [0.25, 0.3) is 0 Å². The van der Waals surface area contributed by atoms with Crippen molar-refractivity contribution in [2.45, 2.75) is 36.1 Å². The van der Waals surface area contributed by atoms with Crippen LogP contribution in [0.2, 0.25) is 5.02 Å². The predicted octanol–water partition coefficient (Wildman–Crippen LogP) is 3.69. The van der Waals surface area contributed by atoms with Gasteiger partial charge in [0.1, 0.15) is 0 Å². The summed E-state index contributed by atoms with van der Waals surface area (Å²) in [7, 11) is 0. The molecule has 1 aliphatic carbocycles. The Morgan fingerprint density at radius 3 is 2.58 bits per heavy atom. The quantitative estimate of drug-likeness (QED) is 0.835. The largest absolute Gasteiger partial charge is 0.324 e. The summed E-state index contributed by atoms with van der Waals surface area (Å²) in [6.45, 7) is 0. The lowest BCUT2D eigenvalue weighted by molar-refractivity contribution is -0.121. The smallest absolute Gasteiger partial charge is 0.244 e. The molecule has 1 fully saturated rings. The fourth-order valence-electron chi connectivity index (χ4n) is 2.23. The van der Waals surface area contributed by atoms with Gasteiger partial charge in [-0.05, 0) is 37.3 Å². The molecule has 0 aliphatic heterocycles. The van der Waals surface area contributed by atoms with E-state index in [1.807, 2.05) is 18.4 Å². The van der Waals surface area contributed by atoms with Gasteiger partial charge in [-0.3, -0.25) is 4.79 Å². The van der Waals surface area contributed by atoms with Crippen LogP contribution < -0.4 is 11.1 Å². The van der Waals surface area contributed by atoms with E-state index in [1.165, 1.54) is 0 Å². The molecule has 0 atom stereocenters. The van der Waals surface area contributed by atoms with Gasteiger partial charge in [0.2, 0.25) is 5.91 Å². The van der Waals surface area contributed by atoms with Crippen molar-refractivity contribution in [1.82, 2.24) is 0 Å². The van der Waals surface area contributed by atoms with Gasteiger partial charge < -0.3 is 11.1 Å². The van der Waals surface area contributed by atoms with Crippen molar-refractivity contribution < 1.29 is 4.79 Å². The first-order valence-corrected chi connectivity index (χ1v) is 7.59. The molecule has 106 valence electrons. The number of carbonyl (C=O) groups excluding carboxylic acids is 1. The molecule has 0 unspecified atom stereocenters. The Balaban J connectivity index is 0.00000180. The van der Waals surface area contributed by atoms with Crippen molar-refractivity contribution in [2.24, 2.45) is 5.73 Å². The molecule has 1 aromatic carbocycles. The lowest BCUT2D eigenvalue weighted by Crippen LogP contribution is -2.48. The zero-order chi connectivity index (χ0) is 13.2. The lowest BCUT2D eigenvalue weighted by Gasteiger charge is -2.22. The van der Waals surface area contributed by atoms with E-state index >= 15 is 0 Å². The van der Waals surface area contributed by atoms with Gasteiger partial charge in [-0.2, -0.15) is 0 Å². The molecule has 1 amide bonds. The third kappa shape index (κ3) is 3.78. The van der Waals surface area contributed by atoms with E-state index in [0.717, 1.165) is 30.6 Å². The zero-order valence-corrected chi connectivity index (χ0v) is 13.1. The Labute approximate surface area is 129 Å². The number of anilines is 1. The van der Waals surface area contributed by atoms with Crippen LogP contribution in [0.1, 0.15) is 25.7 Å². The first-order valence-electron chi connectivity index (χ1n) is 5.99. The summed E-state index contributed by atoms with van der Waals surface area (Å²) in [4.78, 5) is 13.1. The molecule has 0 aromatic heterocycles. The molecular formula is C13H18Cl2N2OS. The van der Waals surface area contributed by atoms with Crippen LogP contribution >= 0.6 is 35.8 Å². The maximum absolute atomic E-state index is 12.1. The van der Waals surface area contributed by atoms with Gasteiger partial charge in [0.05, 0.1) is 10.6 Å². The number of hydrogen-bond donors (Lipinski definition) is 2. The highest BCUT2D eigenvalue weighted by atomic mass is 35.5. The lowest BCUT2D eigenvalue weighted by atomic mass is 9.98. The van der Waals surface area contributed by atoms with Crippen LogP contribution in [0.4, 0.5) is 5.69 Å². The van der Waals surface area contributed by atoms with Gasteiger partial charge in [-0.25, -0.2) is 0 Å². The molecule has 0 spiro atoms. The molecule has 0 heterocycles. The van der Waals surface area contributed by atoms with E-state index in [0.29, 0.717) is 10.7 Å². The first kappa shape index (κ1) is 16.6. The second-order valence-electron chi connectivity index (χ2n) is 4.67. The monoisotopic (exact) mass is 320 g/mol. The summed E-state index contributed by atoms with van der Waals surface area (Å²) in [5.41, 5.74) is 6.10. The van der Waals surface area contributed by atoms with Gasteiger partial charge in [0, 0.05) is 10.6 Å². The van der Waals surface area contributed by atoms with Gasteiger partial charge in [0.25, 0.3) is 0 Å². The zero-order valence-electron chi connectivity index (χ0n) is 10.7. The SMILES string of the molecule is CSc1ccc(NC(=O)C2(N)CCCC2)cc1Cl.Cl. The Morgan fingerprint density at radius 1 is 1.42 bits per heavy atom. The number of amides is 1. The molecule has 0 bridgehead atoms. The highest BCUT2D eigenvalue weighted by Crippen LogP contribution is 2.31. The molecule has 1 aromatic rings. The Kier molecular flexibility index (Phi) is 5.99. The molecule has 6 heteroatoms. The summed E-state index contributed by atoms with van der Waals surface area (Å²) in [6, 6.07) is 5.53. The average Bonchev–Trinajstić information content (AvgIpc) is 2.78. The van der Waals surface area contributed by atoms with Gasteiger partial charge in [-0.15, -0.1) is 24.2 Å². The van der Waals surface area contributed by atoms with Crippen LogP contribution in [-0.2, 0) is 4.79 Å². The second-order valence-corrected chi connectivity index (χ2v) is 5.92. The number of halogens is 2. The van der Waals surface area contributed by atoms with Crippen molar-refractivity contribution in [3.8, 4) is 0 Å². The maximum atomic E-state index is 12.1. The van der Waals surface area contributed by atoms with Crippen LogP contribution in [0.3, 0.4) is 0 Å². The molecule has 0 saturated heterocycles. The minimum Gasteiger partial charge on any atom is -0.324 e. The predicted molar refractivity (Wildman–Crippen MR) is 84.5 cm³/mol. The standard InChI is InChI=1S/C13H17ClN2OS.ClH/c1-18-11-5-4-9(8-10(11)14)16-12(17)13(15)6-2-3-7-13;/h4-5,8H,2-3,6-7,15H2,1H3,(H,16,17);1H. The van der Waals surface area contributed by atoms with Crippen molar-refractivity contribution in [2.75, 3.05) is 11.6 Å². The van der Waals surface area contributed by atoms with Crippen molar-refractivity contribution in [3.63, 3.8) is 0 Å². The van der Waals surface area contributed by atoms with Crippen LogP contribution in [-0.4, -0.2) is 17.7 Å². The summed E-state index contributed by atoms with van der Waals surface area (Å²) in [6.07, 6.45) is 5.53. The summed E-state index contributed by atoms with van der Waals surface area (Å²) >= 11 is 7.68. The normalized spacial score (nSPS) is 16.8. The molecular weight excluding hydrogens is 303 g/mol. The number of rotatable bonds is 3. The molecule has 1 saturated carbocycles. The Hall–Kier alpha value is -0.420. The summed E-state index contributed by atoms with van der Waals surface area (Å²) in [5, 5.41) is 3.51. The topological polar surface area (TPSA) is 55.1 Å². The van der Waals surface area contributed by atoms with Crippen LogP contribution in [0.15, 0.2) is 23.1 Å². The Morgan fingerprint density at radius 2 is 2.05 bits per heavy atom. The third-order valence-corrected chi connectivity index (χ3v) is 4.58. The number of nitrogens with one attached hydrogen (secondary N) is 1. The second kappa shape index (κ2) is 6.84. The fraction of sp³-hybridized carbons (Fsp3) is 0.462. The van der Waals surface area contributed by atoms with Gasteiger partial charge in [-0.1, -0.05) is 24.4 Å². The van der Waals surface area contributed by atoms with Gasteiger partial charge in [0.15, 0.2) is 0 Å². The van der Waals surface area contributed by atoms with E-state index in [4.69, 9.17) is 17.3 Å². The average molecular weight is 321 g/mol. The number of carbonyl (C=O) groups is 1. The fourth-order valence-corrected chi connectivity index (χ4v) is 3.10. The summed E-state index contributed by atoms with van der Waals surface area (Å²) < 4.78 is 0. The Bertz CT molecular complexity index is 462. The molecule has 2 rings (SSSR count). The van der Waals surface area contributed by atoms with E-state index in [1.54, 1.807) is 17.8 Å².